The molecule has 0 unspecified atom stereocenters. The highest BCUT2D eigenvalue weighted by molar-refractivity contribution is 9.10. The smallest absolute Gasteiger partial charge is 0.124 e. The predicted molar refractivity (Wildman–Crippen MR) is 88.0 cm³/mol. The topological polar surface area (TPSA) is 15.3 Å². The van der Waals surface area contributed by atoms with Gasteiger partial charge in [-0.1, -0.05) is 36.7 Å². The molecule has 1 fully saturated rings. The fourth-order valence-electron chi connectivity index (χ4n) is 2.93. The van der Waals surface area contributed by atoms with Crippen LogP contribution in [-0.4, -0.2) is 31.1 Å². The predicted octanol–water partition coefficient (Wildman–Crippen LogP) is 4.00. The minimum atomic E-state index is -0.172. The van der Waals surface area contributed by atoms with Crippen molar-refractivity contribution in [2.24, 2.45) is 5.41 Å². The van der Waals surface area contributed by atoms with Crippen LogP contribution in [-0.2, 0) is 0 Å². The lowest BCUT2D eigenvalue weighted by molar-refractivity contribution is 0.0860. The number of piperazine rings is 1. The molecule has 2 nitrogen and oxygen atoms in total. The average molecular weight is 366 g/mol. The number of rotatable bonds is 2. The quantitative estimate of drug-likeness (QED) is 0.852. The molecule has 5 heteroatoms. The highest BCUT2D eigenvalue weighted by atomic mass is 79.9. The molecule has 0 amide bonds. The monoisotopic (exact) mass is 364 g/mol. The Balaban J connectivity index is 0.00000200. The van der Waals surface area contributed by atoms with Gasteiger partial charge >= 0.3 is 0 Å². The summed E-state index contributed by atoms with van der Waals surface area (Å²) in [6.45, 7) is 10.7. The normalized spacial score (nSPS) is 18.4. The Kier molecular flexibility index (Phi) is 6.45. The first kappa shape index (κ1) is 17.9. The van der Waals surface area contributed by atoms with Crippen LogP contribution in [0.1, 0.15) is 32.4 Å². The van der Waals surface area contributed by atoms with Crippen molar-refractivity contribution in [1.29, 1.82) is 0 Å². The van der Waals surface area contributed by atoms with E-state index in [1.807, 2.05) is 6.07 Å². The fraction of sp³-hybridized carbons (Fsp3) is 0.600. The van der Waals surface area contributed by atoms with Crippen molar-refractivity contribution in [3.63, 3.8) is 0 Å². The molecule has 1 atom stereocenters. The van der Waals surface area contributed by atoms with Gasteiger partial charge in [-0.25, -0.2) is 4.39 Å². The molecule has 0 saturated carbocycles. The minimum Gasteiger partial charge on any atom is -0.314 e. The van der Waals surface area contributed by atoms with Crippen LogP contribution in [0.2, 0.25) is 0 Å². The molecule has 0 spiro atoms. The second-order valence-corrected chi connectivity index (χ2v) is 7.17. The van der Waals surface area contributed by atoms with Crippen LogP contribution in [0, 0.1) is 11.2 Å². The zero-order valence-electron chi connectivity index (χ0n) is 12.2. The summed E-state index contributed by atoms with van der Waals surface area (Å²) in [6, 6.07) is 5.46. The van der Waals surface area contributed by atoms with E-state index in [-0.39, 0.29) is 29.7 Å². The van der Waals surface area contributed by atoms with Crippen molar-refractivity contribution in [2.75, 3.05) is 26.2 Å². The van der Waals surface area contributed by atoms with Crippen molar-refractivity contribution in [3.05, 3.63) is 34.1 Å². The summed E-state index contributed by atoms with van der Waals surface area (Å²) < 4.78 is 14.5. The van der Waals surface area contributed by atoms with E-state index in [1.165, 1.54) is 6.07 Å². The first-order valence-corrected chi connectivity index (χ1v) is 7.58. The molecule has 1 aromatic carbocycles. The third kappa shape index (κ3) is 4.42. The summed E-state index contributed by atoms with van der Waals surface area (Å²) >= 11 is 3.40. The minimum absolute atomic E-state index is 0. The summed E-state index contributed by atoms with van der Waals surface area (Å²) in [5.41, 5.74) is 1.13. The first-order valence-electron chi connectivity index (χ1n) is 6.79. The molecule has 0 aromatic heterocycles. The Morgan fingerprint density at radius 1 is 1.20 bits per heavy atom. The molecular weight excluding hydrogens is 343 g/mol. The van der Waals surface area contributed by atoms with E-state index in [9.17, 15) is 4.39 Å². The molecule has 1 aliphatic rings. The maximum atomic E-state index is 13.7. The second-order valence-electron chi connectivity index (χ2n) is 6.26. The highest BCUT2D eigenvalue weighted by Crippen LogP contribution is 2.39. The van der Waals surface area contributed by atoms with Crippen LogP contribution < -0.4 is 5.32 Å². The van der Waals surface area contributed by atoms with Crippen molar-refractivity contribution in [2.45, 2.75) is 26.8 Å². The van der Waals surface area contributed by atoms with E-state index in [4.69, 9.17) is 0 Å². The summed E-state index contributed by atoms with van der Waals surface area (Å²) in [7, 11) is 0. The largest absolute Gasteiger partial charge is 0.314 e. The molecule has 1 N–H and O–H groups in total. The van der Waals surface area contributed by atoms with Crippen molar-refractivity contribution >= 4 is 28.3 Å². The van der Waals surface area contributed by atoms with Crippen LogP contribution in [0.3, 0.4) is 0 Å². The van der Waals surface area contributed by atoms with Gasteiger partial charge in [-0.2, -0.15) is 0 Å². The molecule has 20 heavy (non-hydrogen) atoms. The van der Waals surface area contributed by atoms with E-state index in [0.29, 0.717) is 0 Å². The maximum Gasteiger partial charge on any atom is 0.124 e. The molecule has 1 heterocycles. The van der Waals surface area contributed by atoms with Gasteiger partial charge in [0.25, 0.3) is 0 Å². The molecule has 2 rings (SSSR count). The number of nitrogens with one attached hydrogen (secondary N) is 1. The van der Waals surface area contributed by atoms with Gasteiger partial charge in [-0.05, 0) is 29.2 Å². The van der Waals surface area contributed by atoms with E-state index in [2.05, 4.69) is 46.9 Å². The van der Waals surface area contributed by atoms with Gasteiger partial charge in [0, 0.05) is 36.7 Å². The van der Waals surface area contributed by atoms with Crippen LogP contribution in [0.25, 0.3) is 0 Å². The van der Waals surface area contributed by atoms with Crippen LogP contribution in [0.4, 0.5) is 4.39 Å². The lowest BCUT2D eigenvalue weighted by Gasteiger charge is -2.42. The molecule has 1 aromatic rings. The van der Waals surface area contributed by atoms with Crippen LogP contribution in [0.5, 0.6) is 0 Å². The summed E-state index contributed by atoms with van der Waals surface area (Å²) in [6.07, 6.45) is 0. The van der Waals surface area contributed by atoms with E-state index in [0.717, 1.165) is 36.2 Å². The van der Waals surface area contributed by atoms with Crippen LogP contribution >= 0.6 is 28.3 Å². The van der Waals surface area contributed by atoms with E-state index < -0.39 is 0 Å². The number of hydrogen-bond acceptors (Lipinski definition) is 2. The lowest BCUT2D eigenvalue weighted by atomic mass is 9.81. The first-order chi connectivity index (χ1) is 8.88. The molecule has 0 bridgehead atoms. The zero-order valence-corrected chi connectivity index (χ0v) is 14.7. The number of hydrogen-bond donors (Lipinski definition) is 1. The summed E-state index contributed by atoms with van der Waals surface area (Å²) in [4.78, 5) is 2.46. The van der Waals surface area contributed by atoms with Gasteiger partial charge < -0.3 is 5.32 Å². The van der Waals surface area contributed by atoms with Crippen molar-refractivity contribution in [1.82, 2.24) is 10.2 Å². The third-order valence-electron chi connectivity index (χ3n) is 3.54. The zero-order chi connectivity index (χ0) is 14.0. The Morgan fingerprint density at radius 2 is 1.80 bits per heavy atom. The van der Waals surface area contributed by atoms with Crippen LogP contribution in [0.15, 0.2) is 22.7 Å². The van der Waals surface area contributed by atoms with Gasteiger partial charge in [0.05, 0.1) is 0 Å². The SMILES string of the molecule is CC(C)(C)[C@H](c1cc(F)cc(Br)c1)N1CCNCC1.Cl. The molecule has 1 aliphatic heterocycles. The second kappa shape index (κ2) is 7.21. The lowest BCUT2D eigenvalue weighted by Crippen LogP contribution is -2.48. The molecular formula is C15H23BrClFN2. The van der Waals surface area contributed by atoms with Gasteiger partial charge in [0.1, 0.15) is 5.82 Å². The van der Waals surface area contributed by atoms with Crippen molar-refractivity contribution < 1.29 is 4.39 Å². The number of nitrogens with zero attached hydrogens (tertiary/aromatic N) is 1. The Morgan fingerprint density at radius 3 is 2.30 bits per heavy atom. The Labute approximate surface area is 135 Å². The van der Waals surface area contributed by atoms with Crippen molar-refractivity contribution in [3.8, 4) is 0 Å². The summed E-state index contributed by atoms with van der Waals surface area (Å²) in [5, 5.41) is 3.37. The maximum absolute atomic E-state index is 13.7. The summed E-state index contributed by atoms with van der Waals surface area (Å²) in [5.74, 6) is -0.172. The Bertz CT molecular complexity index is 422. The van der Waals surface area contributed by atoms with Gasteiger partial charge in [-0.3, -0.25) is 4.90 Å². The van der Waals surface area contributed by atoms with E-state index in [1.54, 1.807) is 6.07 Å². The van der Waals surface area contributed by atoms with Gasteiger partial charge in [0.2, 0.25) is 0 Å². The molecule has 0 radical (unpaired) electrons. The van der Waals surface area contributed by atoms with Gasteiger partial charge in [-0.15, -0.1) is 12.4 Å². The standard InChI is InChI=1S/C15H22BrFN2.ClH/c1-15(2,3)14(19-6-4-18-5-7-19)11-8-12(16)10-13(17)9-11;/h8-10,14,18H,4-7H2,1-3H3;1H/t14-;/m0./s1. The number of halogens is 3. The fourth-order valence-corrected chi connectivity index (χ4v) is 3.41. The highest BCUT2D eigenvalue weighted by Gasteiger charge is 2.32. The Hall–Kier alpha value is -0.160. The molecule has 0 aliphatic carbocycles. The average Bonchev–Trinajstić information content (AvgIpc) is 2.27. The molecule has 1 saturated heterocycles. The van der Waals surface area contributed by atoms with E-state index >= 15 is 0 Å². The third-order valence-corrected chi connectivity index (χ3v) is 4.00. The number of benzene rings is 1. The van der Waals surface area contributed by atoms with Gasteiger partial charge in [0.15, 0.2) is 0 Å². The molecule has 114 valence electrons.